The second-order valence-corrected chi connectivity index (χ2v) is 4.53. The van der Waals surface area contributed by atoms with Crippen molar-refractivity contribution < 1.29 is 4.79 Å². The van der Waals surface area contributed by atoms with Gasteiger partial charge in [-0.1, -0.05) is 17.8 Å². The molecular formula is C8H10ClN3OS. The van der Waals surface area contributed by atoms with Gasteiger partial charge in [-0.3, -0.25) is 10.1 Å². The van der Waals surface area contributed by atoms with Crippen LogP contribution in [0.4, 0.5) is 5.13 Å². The summed E-state index contributed by atoms with van der Waals surface area (Å²) in [6, 6.07) is 0. The number of hydrogen-bond acceptors (Lipinski definition) is 4. The molecule has 0 spiro atoms. The van der Waals surface area contributed by atoms with E-state index in [9.17, 15) is 4.79 Å². The topological polar surface area (TPSA) is 54.9 Å². The standard InChI is InChI=1S/C8H10ClN3OS/c9-4-6(13)10-8-12-11-7(14-8)5-2-1-3-5/h5H,1-4H2,(H,10,12,13). The summed E-state index contributed by atoms with van der Waals surface area (Å²) in [5.74, 6) is 0.287. The first-order chi connectivity index (χ1) is 6.79. The molecule has 0 radical (unpaired) electrons. The molecule has 76 valence electrons. The summed E-state index contributed by atoms with van der Waals surface area (Å²) in [4.78, 5) is 10.9. The molecule has 1 aromatic heterocycles. The Bertz CT molecular complexity index is 337. The third-order valence-corrected chi connectivity index (χ3v) is 3.51. The fourth-order valence-electron chi connectivity index (χ4n) is 1.26. The summed E-state index contributed by atoms with van der Waals surface area (Å²) in [5.41, 5.74) is 0. The minimum absolute atomic E-state index is 0.0433. The van der Waals surface area contributed by atoms with Gasteiger partial charge in [0.2, 0.25) is 11.0 Å². The van der Waals surface area contributed by atoms with Gasteiger partial charge in [-0.05, 0) is 12.8 Å². The molecule has 0 aromatic carbocycles. The van der Waals surface area contributed by atoms with Crippen molar-refractivity contribution in [2.24, 2.45) is 0 Å². The van der Waals surface area contributed by atoms with E-state index in [4.69, 9.17) is 11.6 Å². The Morgan fingerprint density at radius 1 is 1.57 bits per heavy atom. The molecule has 1 aliphatic rings. The third kappa shape index (κ3) is 2.04. The second kappa shape index (κ2) is 4.23. The quantitative estimate of drug-likeness (QED) is 0.810. The normalized spacial score (nSPS) is 16.4. The number of alkyl halides is 1. The van der Waals surface area contributed by atoms with Crippen LogP contribution in [-0.4, -0.2) is 22.0 Å². The Balaban J connectivity index is 1.98. The molecule has 2 rings (SSSR count). The lowest BCUT2D eigenvalue weighted by molar-refractivity contribution is -0.113. The molecule has 1 saturated carbocycles. The van der Waals surface area contributed by atoms with Crippen molar-refractivity contribution in [1.29, 1.82) is 0 Å². The molecule has 1 heterocycles. The number of amides is 1. The largest absolute Gasteiger partial charge is 0.299 e. The van der Waals surface area contributed by atoms with Crippen LogP contribution in [0, 0.1) is 0 Å². The maximum Gasteiger partial charge on any atom is 0.241 e. The molecule has 0 saturated heterocycles. The lowest BCUT2D eigenvalue weighted by atomic mass is 9.86. The van der Waals surface area contributed by atoms with Gasteiger partial charge >= 0.3 is 0 Å². The van der Waals surface area contributed by atoms with Crippen molar-refractivity contribution >= 4 is 34.0 Å². The Labute approximate surface area is 90.7 Å². The summed E-state index contributed by atoms with van der Waals surface area (Å²) in [6.07, 6.45) is 3.66. The first-order valence-electron chi connectivity index (χ1n) is 4.49. The molecule has 1 N–H and O–H groups in total. The van der Waals surface area contributed by atoms with Crippen LogP contribution in [0.5, 0.6) is 0 Å². The zero-order valence-corrected chi connectivity index (χ0v) is 9.07. The molecule has 6 heteroatoms. The zero-order valence-electron chi connectivity index (χ0n) is 7.49. The zero-order chi connectivity index (χ0) is 9.97. The maximum atomic E-state index is 10.9. The van der Waals surface area contributed by atoms with Crippen LogP contribution in [-0.2, 0) is 4.79 Å². The van der Waals surface area contributed by atoms with Crippen LogP contribution in [0.1, 0.15) is 30.2 Å². The number of hydrogen-bond donors (Lipinski definition) is 1. The molecule has 0 atom stereocenters. The molecule has 4 nitrogen and oxygen atoms in total. The van der Waals surface area contributed by atoms with Gasteiger partial charge in [0.05, 0.1) is 0 Å². The number of nitrogens with one attached hydrogen (secondary N) is 1. The van der Waals surface area contributed by atoms with Crippen LogP contribution in [0.2, 0.25) is 0 Å². The predicted molar refractivity (Wildman–Crippen MR) is 55.9 cm³/mol. The molecule has 1 aliphatic carbocycles. The Kier molecular flexibility index (Phi) is 2.98. The van der Waals surface area contributed by atoms with E-state index in [0.717, 1.165) is 5.01 Å². The van der Waals surface area contributed by atoms with Gasteiger partial charge in [-0.15, -0.1) is 21.8 Å². The Hall–Kier alpha value is -0.680. The van der Waals surface area contributed by atoms with Gasteiger partial charge in [0.25, 0.3) is 0 Å². The van der Waals surface area contributed by atoms with Gasteiger partial charge in [-0.2, -0.15) is 0 Å². The van der Waals surface area contributed by atoms with E-state index in [-0.39, 0.29) is 11.8 Å². The lowest BCUT2D eigenvalue weighted by Crippen LogP contribution is -2.12. The molecule has 1 amide bonds. The van der Waals surface area contributed by atoms with Crippen LogP contribution in [0.3, 0.4) is 0 Å². The van der Waals surface area contributed by atoms with E-state index in [1.807, 2.05) is 0 Å². The minimum atomic E-state index is -0.233. The Morgan fingerprint density at radius 2 is 2.36 bits per heavy atom. The molecule has 1 fully saturated rings. The molecule has 0 unspecified atom stereocenters. The summed E-state index contributed by atoms with van der Waals surface area (Å²) in [7, 11) is 0. The third-order valence-electron chi connectivity index (χ3n) is 2.26. The first kappa shape index (κ1) is 9.86. The Morgan fingerprint density at radius 3 is 2.93 bits per heavy atom. The second-order valence-electron chi connectivity index (χ2n) is 3.26. The van der Waals surface area contributed by atoms with Crippen molar-refractivity contribution in [3.63, 3.8) is 0 Å². The number of nitrogens with zero attached hydrogens (tertiary/aromatic N) is 2. The maximum absolute atomic E-state index is 10.9. The fraction of sp³-hybridized carbons (Fsp3) is 0.625. The fourth-order valence-corrected chi connectivity index (χ4v) is 2.25. The summed E-state index contributed by atoms with van der Waals surface area (Å²) in [6.45, 7) is 0. The highest BCUT2D eigenvalue weighted by Gasteiger charge is 2.23. The van der Waals surface area contributed by atoms with E-state index in [0.29, 0.717) is 11.0 Å². The molecule has 0 aliphatic heterocycles. The number of aromatic nitrogens is 2. The van der Waals surface area contributed by atoms with Crippen LogP contribution in [0.15, 0.2) is 0 Å². The van der Waals surface area contributed by atoms with E-state index in [2.05, 4.69) is 15.5 Å². The summed E-state index contributed by atoms with van der Waals surface area (Å²) < 4.78 is 0. The number of rotatable bonds is 3. The average molecular weight is 232 g/mol. The molecule has 14 heavy (non-hydrogen) atoms. The number of halogens is 1. The van der Waals surface area contributed by atoms with Crippen molar-refractivity contribution in [3.05, 3.63) is 5.01 Å². The highest BCUT2D eigenvalue weighted by atomic mass is 35.5. The smallest absolute Gasteiger partial charge is 0.241 e. The van der Waals surface area contributed by atoms with Crippen molar-refractivity contribution in [1.82, 2.24) is 10.2 Å². The van der Waals surface area contributed by atoms with Crippen LogP contribution >= 0.6 is 22.9 Å². The van der Waals surface area contributed by atoms with E-state index in [1.165, 1.54) is 30.6 Å². The van der Waals surface area contributed by atoms with Gasteiger partial charge < -0.3 is 0 Å². The van der Waals surface area contributed by atoms with Crippen LogP contribution < -0.4 is 5.32 Å². The van der Waals surface area contributed by atoms with Gasteiger partial charge in [0, 0.05) is 5.92 Å². The predicted octanol–water partition coefficient (Wildman–Crippen LogP) is 1.98. The highest BCUT2D eigenvalue weighted by Crippen LogP contribution is 2.38. The first-order valence-corrected chi connectivity index (χ1v) is 5.84. The number of carbonyl (C=O) groups excluding carboxylic acids is 1. The highest BCUT2D eigenvalue weighted by molar-refractivity contribution is 7.15. The molecule has 1 aromatic rings. The van der Waals surface area contributed by atoms with Crippen molar-refractivity contribution in [2.75, 3.05) is 11.2 Å². The molecular weight excluding hydrogens is 222 g/mol. The van der Waals surface area contributed by atoms with E-state index >= 15 is 0 Å². The lowest BCUT2D eigenvalue weighted by Gasteiger charge is -2.21. The van der Waals surface area contributed by atoms with E-state index in [1.54, 1.807) is 0 Å². The van der Waals surface area contributed by atoms with Gasteiger partial charge in [0.15, 0.2) is 0 Å². The molecule has 0 bridgehead atoms. The van der Waals surface area contributed by atoms with Gasteiger partial charge in [-0.25, -0.2) is 0 Å². The summed E-state index contributed by atoms with van der Waals surface area (Å²) in [5, 5.41) is 12.1. The minimum Gasteiger partial charge on any atom is -0.299 e. The number of carbonyl (C=O) groups is 1. The van der Waals surface area contributed by atoms with Crippen LogP contribution in [0.25, 0.3) is 0 Å². The monoisotopic (exact) mass is 231 g/mol. The van der Waals surface area contributed by atoms with Gasteiger partial charge in [0.1, 0.15) is 10.9 Å². The van der Waals surface area contributed by atoms with E-state index < -0.39 is 0 Å². The SMILES string of the molecule is O=C(CCl)Nc1nnc(C2CCC2)s1. The average Bonchev–Trinajstić information content (AvgIpc) is 2.50. The summed E-state index contributed by atoms with van der Waals surface area (Å²) >= 11 is 6.80. The van der Waals surface area contributed by atoms with Crippen molar-refractivity contribution in [2.45, 2.75) is 25.2 Å². The number of anilines is 1. The van der Waals surface area contributed by atoms with Crippen molar-refractivity contribution in [3.8, 4) is 0 Å².